The van der Waals surface area contributed by atoms with Gasteiger partial charge in [-0.1, -0.05) is 11.8 Å². The number of hydrogen-bond acceptors (Lipinski definition) is 7. The van der Waals surface area contributed by atoms with Gasteiger partial charge in [0.05, 0.1) is 35.1 Å². The highest BCUT2D eigenvalue weighted by Crippen LogP contribution is 2.38. The van der Waals surface area contributed by atoms with Gasteiger partial charge in [0, 0.05) is 38.9 Å². The molecule has 0 radical (unpaired) electrons. The zero-order chi connectivity index (χ0) is 26.8. The minimum atomic E-state index is -0.503. The number of carbonyl (C=O) groups is 1. The van der Waals surface area contributed by atoms with E-state index in [1.54, 1.807) is 10.6 Å². The predicted molar refractivity (Wildman–Crippen MR) is 138 cm³/mol. The van der Waals surface area contributed by atoms with Gasteiger partial charge in [-0.15, -0.1) is 0 Å². The first-order valence-electron chi connectivity index (χ1n) is 12.2. The van der Waals surface area contributed by atoms with E-state index in [1.807, 2.05) is 36.1 Å². The monoisotopic (exact) mass is 529 g/mol. The molecular weight excluding hydrogens is 505 g/mol. The van der Waals surface area contributed by atoms with Gasteiger partial charge < -0.3 is 10.4 Å². The number of fused-ring (bicyclic) bond motifs is 1. The molecular formula is C27H24FN7O2S. The summed E-state index contributed by atoms with van der Waals surface area (Å²) in [6.45, 7) is 1.51. The Morgan fingerprint density at radius 1 is 1.13 bits per heavy atom. The molecule has 0 spiro atoms. The molecule has 0 aliphatic heterocycles. The van der Waals surface area contributed by atoms with Gasteiger partial charge in [0.2, 0.25) is 5.91 Å². The van der Waals surface area contributed by atoms with E-state index in [-0.39, 0.29) is 23.6 Å². The Labute approximate surface area is 222 Å². The highest BCUT2D eigenvalue weighted by Gasteiger charge is 2.26. The molecule has 0 bridgehead atoms. The lowest BCUT2D eigenvalue weighted by molar-refractivity contribution is -0.124. The number of hydrogen-bond donors (Lipinski definition) is 2. The molecule has 192 valence electrons. The average molecular weight is 530 g/mol. The smallest absolute Gasteiger partial charge is 0.245 e. The van der Waals surface area contributed by atoms with Crippen molar-refractivity contribution in [3.63, 3.8) is 0 Å². The zero-order valence-corrected chi connectivity index (χ0v) is 21.4. The van der Waals surface area contributed by atoms with Gasteiger partial charge in [0.25, 0.3) is 0 Å². The summed E-state index contributed by atoms with van der Waals surface area (Å²) in [5.41, 5.74) is 3.97. The highest BCUT2D eigenvalue weighted by molar-refractivity contribution is 7.99. The van der Waals surface area contributed by atoms with Crippen molar-refractivity contribution in [3.8, 4) is 23.3 Å². The van der Waals surface area contributed by atoms with Crippen LogP contribution in [-0.2, 0) is 4.79 Å². The number of rotatable bonds is 6. The van der Waals surface area contributed by atoms with Crippen LogP contribution in [-0.4, -0.2) is 43.1 Å². The zero-order valence-electron chi connectivity index (χ0n) is 20.6. The van der Waals surface area contributed by atoms with Gasteiger partial charge in [-0.2, -0.15) is 20.7 Å². The van der Waals surface area contributed by atoms with Gasteiger partial charge in [-0.25, -0.2) is 8.91 Å². The molecule has 1 amide bonds. The Balaban J connectivity index is 1.48. The third-order valence-corrected chi connectivity index (χ3v) is 7.99. The SMILES string of the molecule is Cc1c(-c2cc(Sc3ccc(F)cc3C#N)c3c(C#N)cnn3c2)cnn1[C@H]1CC[C@H](NC(=O)CO)CC1. The van der Waals surface area contributed by atoms with Crippen molar-refractivity contribution in [2.24, 2.45) is 0 Å². The Morgan fingerprint density at radius 2 is 1.89 bits per heavy atom. The number of amides is 1. The van der Waals surface area contributed by atoms with Crippen molar-refractivity contribution < 1.29 is 14.3 Å². The normalized spacial score (nSPS) is 17.2. The summed E-state index contributed by atoms with van der Waals surface area (Å²) in [7, 11) is 0. The maximum atomic E-state index is 13.7. The number of pyridine rings is 1. The van der Waals surface area contributed by atoms with Crippen molar-refractivity contribution in [3.05, 3.63) is 65.5 Å². The van der Waals surface area contributed by atoms with Crippen LogP contribution < -0.4 is 5.32 Å². The molecule has 0 unspecified atom stereocenters. The van der Waals surface area contributed by atoms with E-state index in [9.17, 15) is 19.7 Å². The Kier molecular flexibility index (Phi) is 7.14. The first-order chi connectivity index (χ1) is 18.4. The second-order valence-electron chi connectivity index (χ2n) is 9.23. The fourth-order valence-electron chi connectivity index (χ4n) is 5.00. The lowest BCUT2D eigenvalue weighted by atomic mass is 9.91. The van der Waals surface area contributed by atoms with E-state index < -0.39 is 12.4 Å². The second-order valence-corrected chi connectivity index (χ2v) is 10.3. The number of aliphatic hydroxyl groups is 1. The fourth-order valence-corrected chi connectivity index (χ4v) is 6.07. The molecule has 1 aliphatic carbocycles. The summed E-state index contributed by atoms with van der Waals surface area (Å²) < 4.78 is 17.4. The van der Waals surface area contributed by atoms with E-state index in [1.165, 1.54) is 30.1 Å². The predicted octanol–water partition coefficient (Wildman–Crippen LogP) is 4.13. The van der Waals surface area contributed by atoms with E-state index >= 15 is 0 Å². The molecule has 11 heteroatoms. The van der Waals surface area contributed by atoms with Crippen LogP contribution in [0.4, 0.5) is 4.39 Å². The van der Waals surface area contributed by atoms with Crippen molar-refractivity contribution in [2.45, 2.75) is 54.5 Å². The second kappa shape index (κ2) is 10.7. The highest BCUT2D eigenvalue weighted by atomic mass is 32.2. The third kappa shape index (κ3) is 4.86. The molecule has 2 N–H and O–H groups in total. The van der Waals surface area contributed by atoms with Crippen LogP contribution in [0.2, 0.25) is 0 Å². The number of benzene rings is 1. The maximum Gasteiger partial charge on any atom is 0.245 e. The number of nitrogens with zero attached hydrogens (tertiary/aromatic N) is 6. The van der Waals surface area contributed by atoms with Crippen LogP contribution in [0, 0.1) is 35.4 Å². The van der Waals surface area contributed by atoms with E-state index in [4.69, 9.17) is 5.11 Å². The van der Waals surface area contributed by atoms with Gasteiger partial charge in [-0.3, -0.25) is 9.48 Å². The number of nitrogens with one attached hydrogen (secondary N) is 1. The topological polar surface area (TPSA) is 132 Å². The molecule has 1 aliphatic rings. The van der Waals surface area contributed by atoms with Crippen LogP contribution in [0.25, 0.3) is 16.6 Å². The van der Waals surface area contributed by atoms with E-state index in [0.29, 0.717) is 20.9 Å². The van der Waals surface area contributed by atoms with Crippen molar-refractivity contribution in [2.75, 3.05) is 6.61 Å². The summed E-state index contributed by atoms with van der Waals surface area (Å²) >= 11 is 1.29. The van der Waals surface area contributed by atoms with E-state index in [2.05, 4.69) is 21.6 Å². The van der Waals surface area contributed by atoms with Gasteiger partial charge >= 0.3 is 0 Å². The van der Waals surface area contributed by atoms with Crippen LogP contribution in [0.3, 0.4) is 0 Å². The maximum absolute atomic E-state index is 13.7. The molecule has 1 saturated carbocycles. The Hall–Kier alpha value is -4.19. The van der Waals surface area contributed by atoms with Gasteiger partial charge in [-0.05, 0) is 56.9 Å². The van der Waals surface area contributed by atoms with Crippen LogP contribution in [0.1, 0.15) is 48.5 Å². The number of aliphatic hydroxyl groups excluding tert-OH is 1. The van der Waals surface area contributed by atoms with Crippen molar-refractivity contribution >= 4 is 23.2 Å². The average Bonchev–Trinajstić information content (AvgIpc) is 3.53. The van der Waals surface area contributed by atoms with E-state index in [0.717, 1.165) is 42.5 Å². The molecule has 3 aromatic heterocycles. The number of nitriles is 2. The van der Waals surface area contributed by atoms with Crippen molar-refractivity contribution in [1.82, 2.24) is 24.7 Å². The summed E-state index contributed by atoms with van der Waals surface area (Å²) in [6, 6.07) is 10.5. The lowest BCUT2D eigenvalue weighted by Crippen LogP contribution is -2.39. The minimum Gasteiger partial charge on any atom is -0.387 e. The standard InChI is InChI=1S/C27H24FN7O2S/c1-16-23(13-32-35(16)22-5-3-21(4-6-22)33-26(37)15-36)18-9-25(27-19(11-30)12-31-34(27)14-18)38-24-7-2-20(28)8-17(24)10-29/h2,7-9,12-14,21-22,36H,3-6,15H2,1H3,(H,33,37)/t21-,22-. The number of halogens is 1. The number of carbonyl (C=O) groups excluding carboxylic acids is 1. The Morgan fingerprint density at radius 3 is 2.61 bits per heavy atom. The molecule has 38 heavy (non-hydrogen) atoms. The largest absolute Gasteiger partial charge is 0.387 e. The lowest BCUT2D eigenvalue weighted by Gasteiger charge is -2.30. The molecule has 9 nitrogen and oxygen atoms in total. The molecule has 1 fully saturated rings. The summed E-state index contributed by atoms with van der Waals surface area (Å²) in [6.07, 6.45) is 8.49. The first-order valence-corrected chi connectivity index (χ1v) is 13.0. The molecule has 5 rings (SSSR count). The molecule has 4 aromatic rings. The first kappa shape index (κ1) is 25.5. The van der Waals surface area contributed by atoms with Gasteiger partial charge in [0.15, 0.2) is 0 Å². The van der Waals surface area contributed by atoms with Crippen LogP contribution in [0.15, 0.2) is 52.6 Å². The summed E-state index contributed by atoms with van der Waals surface area (Å²) in [4.78, 5) is 12.8. The van der Waals surface area contributed by atoms with Gasteiger partial charge in [0.1, 0.15) is 24.6 Å². The number of aromatic nitrogens is 4. The molecule has 0 atom stereocenters. The van der Waals surface area contributed by atoms with Crippen LogP contribution >= 0.6 is 11.8 Å². The van der Waals surface area contributed by atoms with Crippen LogP contribution in [0.5, 0.6) is 0 Å². The summed E-state index contributed by atoms with van der Waals surface area (Å²) in [5, 5.41) is 40.1. The molecule has 0 saturated heterocycles. The summed E-state index contributed by atoms with van der Waals surface area (Å²) in [5.74, 6) is -0.838. The molecule has 3 heterocycles. The quantitative estimate of drug-likeness (QED) is 0.384. The van der Waals surface area contributed by atoms with Crippen molar-refractivity contribution in [1.29, 1.82) is 10.5 Å². The Bertz CT molecular complexity index is 1610. The molecule has 1 aromatic carbocycles. The third-order valence-electron chi connectivity index (χ3n) is 6.89. The minimum absolute atomic E-state index is 0.0575. The fraction of sp³-hybridized carbons (Fsp3) is 0.296.